The van der Waals surface area contributed by atoms with Crippen LogP contribution in [0.25, 0.3) is 22.4 Å². The minimum absolute atomic E-state index is 0.346. The molecule has 0 aliphatic rings. The summed E-state index contributed by atoms with van der Waals surface area (Å²) in [6, 6.07) is 7.40. The Morgan fingerprint density at radius 3 is 2.78 bits per heavy atom. The molecule has 1 aromatic carbocycles. The second-order valence-corrected chi connectivity index (χ2v) is 4.17. The number of aryl methyl sites for hydroxylation is 2. The molecule has 0 aliphatic carbocycles. The molecule has 3 rings (SSSR count). The molecule has 0 fully saturated rings. The number of benzene rings is 1. The van der Waals surface area contributed by atoms with E-state index in [1.165, 1.54) is 0 Å². The fourth-order valence-corrected chi connectivity index (χ4v) is 1.93. The molecule has 0 radical (unpaired) electrons. The molecule has 1 N–H and O–H groups in total. The van der Waals surface area contributed by atoms with Crippen molar-refractivity contribution in [1.29, 1.82) is 0 Å². The van der Waals surface area contributed by atoms with E-state index in [-0.39, 0.29) is 5.69 Å². The summed E-state index contributed by atoms with van der Waals surface area (Å²) < 4.78 is 5.41. The molecule has 2 heterocycles. The van der Waals surface area contributed by atoms with Crippen LogP contribution in [0.2, 0.25) is 0 Å². The van der Waals surface area contributed by atoms with Gasteiger partial charge in [0.25, 0.3) is 0 Å². The van der Waals surface area contributed by atoms with Gasteiger partial charge in [0.1, 0.15) is 5.52 Å². The van der Waals surface area contributed by atoms with E-state index in [0.29, 0.717) is 11.6 Å². The summed E-state index contributed by atoms with van der Waals surface area (Å²) in [5.74, 6) is 0.622. The lowest BCUT2D eigenvalue weighted by Gasteiger charge is -2.00. The Morgan fingerprint density at radius 2 is 2.00 bits per heavy atom. The highest BCUT2D eigenvalue weighted by Gasteiger charge is 2.06. The molecule has 2 aromatic heterocycles. The van der Waals surface area contributed by atoms with Crippen molar-refractivity contribution in [2.75, 3.05) is 0 Å². The fourth-order valence-electron chi connectivity index (χ4n) is 1.93. The average Bonchev–Trinajstić information content (AvgIpc) is 2.66. The first-order valence-corrected chi connectivity index (χ1v) is 5.57. The van der Waals surface area contributed by atoms with Gasteiger partial charge in [-0.15, -0.1) is 0 Å². The number of H-pyrrole nitrogens is 1. The Labute approximate surface area is 103 Å². The SMILES string of the molecule is Cc1cc(-c2ccc3oc(C)nc3c2)nc(=O)[nH]1. The van der Waals surface area contributed by atoms with Gasteiger partial charge >= 0.3 is 5.69 Å². The molecule has 5 nitrogen and oxygen atoms in total. The zero-order valence-electron chi connectivity index (χ0n) is 10.0. The van der Waals surface area contributed by atoms with Crippen LogP contribution in [0.3, 0.4) is 0 Å². The third kappa shape index (κ3) is 1.79. The molecule has 0 saturated heterocycles. The largest absolute Gasteiger partial charge is 0.441 e. The van der Waals surface area contributed by atoms with Crippen LogP contribution in [0.4, 0.5) is 0 Å². The molecule has 0 amide bonds. The predicted molar refractivity (Wildman–Crippen MR) is 67.3 cm³/mol. The molecule has 90 valence electrons. The van der Waals surface area contributed by atoms with Crippen LogP contribution >= 0.6 is 0 Å². The minimum Gasteiger partial charge on any atom is -0.441 e. The van der Waals surface area contributed by atoms with Crippen molar-refractivity contribution in [1.82, 2.24) is 15.0 Å². The van der Waals surface area contributed by atoms with Crippen LogP contribution in [-0.4, -0.2) is 15.0 Å². The summed E-state index contributed by atoms with van der Waals surface area (Å²) in [5, 5.41) is 0. The third-order valence-electron chi connectivity index (χ3n) is 2.67. The zero-order valence-corrected chi connectivity index (χ0v) is 10.0. The third-order valence-corrected chi connectivity index (χ3v) is 2.67. The molecule has 0 bridgehead atoms. The van der Waals surface area contributed by atoms with Crippen LogP contribution in [0, 0.1) is 13.8 Å². The van der Waals surface area contributed by atoms with E-state index in [4.69, 9.17) is 4.42 Å². The van der Waals surface area contributed by atoms with Crippen LogP contribution in [0.15, 0.2) is 33.5 Å². The Kier molecular flexibility index (Phi) is 2.26. The van der Waals surface area contributed by atoms with Gasteiger partial charge in [-0.05, 0) is 31.2 Å². The summed E-state index contributed by atoms with van der Waals surface area (Å²) in [6.07, 6.45) is 0. The van der Waals surface area contributed by atoms with Crippen molar-refractivity contribution in [2.24, 2.45) is 0 Å². The van der Waals surface area contributed by atoms with E-state index >= 15 is 0 Å². The molecule has 18 heavy (non-hydrogen) atoms. The van der Waals surface area contributed by atoms with E-state index in [2.05, 4.69) is 15.0 Å². The van der Waals surface area contributed by atoms with E-state index < -0.39 is 0 Å². The van der Waals surface area contributed by atoms with Crippen LogP contribution in [0.5, 0.6) is 0 Å². The zero-order chi connectivity index (χ0) is 12.7. The van der Waals surface area contributed by atoms with Crippen molar-refractivity contribution in [2.45, 2.75) is 13.8 Å². The number of nitrogens with zero attached hydrogens (tertiary/aromatic N) is 2. The van der Waals surface area contributed by atoms with Gasteiger partial charge < -0.3 is 9.40 Å². The number of oxazole rings is 1. The maximum atomic E-state index is 11.4. The molecular weight excluding hydrogens is 230 g/mol. The first kappa shape index (κ1) is 10.7. The van der Waals surface area contributed by atoms with E-state index in [9.17, 15) is 4.79 Å². The van der Waals surface area contributed by atoms with Gasteiger partial charge in [-0.2, -0.15) is 4.98 Å². The van der Waals surface area contributed by atoms with E-state index in [1.807, 2.05) is 31.2 Å². The van der Waals surface area contributed by atoms with E-state index in [0.717, 1.165) is 22.4 Å². The van der Waals surface area contributed by atoms with Crippen molar-refractivity contribution in [3.8, 4) is 11.3 Å². The summed E-state index contributed by atoms with van der Waals surface area (Å²) in [5.41, 5.74) is 3.43. The van der Waals surface area contributed by atoms with Crippen molar-refractivity contribution in [3.63, 3.8) is 0 Å². The van der Waals surface area contributed by atoms with Gasteiger partial charge in [-0.1, -0.05) is 0 Å². The first-order valence-electron chi connectivity index (χ1n) is 5.57. The van der Waals surface area contributed by atoms with Crippen molar-refractivity contribution >= 4 is 11.1 Å². The van der Waals surface area contributed by atoms with Gasteiger partial charge in [-0.25, -0.2) is 9.78 Å². The lowest BCUT2D eigenvalue weighted by Crippen LogP contribution is -2.11. The molecule has 3 aromatic rings. The highest BCUT2D eigenvalue weighted by atomic mass is 16.3. The Morgan fingerprint density at radius 1 is 1.17 bits per heavy atom. The lowest BCUT2D eigenvalue weighted by atomic mass is 10.1. The van der Waals surface area contributed by atoms with Gasteiger partial charge in [-0.3, -0.25) is 0 Å². The molecule has 0 aliphatic heterocycles. The van der Waals surface area contributed by atoms with Gasteiger partial charge in [0.05, 0.1) is 5.69 Å². The standard InChI is InChI=1S/C13H11N3O2/c1-7-5-10(16-13(17)14-7)9-3-4-12-11(6-9)15-8(2)18-12/h3-6H,1-2H3,(H,14,16,17). The van der Waals surface area contributed by atoms with Crippen molar-refractivity contribution in [3.05, 3.63) is 46.3 Å². The number of hydrogen-bond acceptors (Lipinski definition) is 4. The molecule has 0 atom stereocenters. The molecular formula is C13H11N3O2. The molecule has 0 unspecified atom stereocenters. The van der Waals surface area contributed by atoms with Gasteiger partial charge in [0, 0.05) is 18.2 Å². The van der Waals surface area contributed by atoms with Crippen LogP contribution < -0.4 is 5.69 Å². The maximum absolute atomic E-state index is 11.4. The van der Waals surface area contributed by atoms with Crippen molar-refractivity contribution < 1.29 is 4.42 Å². The predicted octanol–water partition coefficient (Wildman–Crippen LogP) is 2.19. The van der Waals surface area contributed by atoms with Gasteiger partial charge in [0.2, 0.25) is 0 Å². The number of nitrogens with one attached hydrogen (secondary N) is 1. The molecule has 0 spiro atoms. The highest BCUT2D eigenvalue weighted by molar-refractivity contribution is 5.79. The number of rotatable bonds is 1. The molecule has 5 heteroatoms. The summed E-state index contributed by atoms with van der Waals surface area (Å²) in [7, 11) is 0. The normalized spacial score (nSPS) is 11.0. The first-order chi connectivity index (χ1) is 8.61. The second-order valence-electron chi connectivity index (χ2n) is 4.17. The Bertz CT molecular complexity index is 786. The maximum Gasteiger partial charge on any atom is 0.345 e. The summed E-state index contributed by atoms with van der Waals surface area (Å²) in [6.45, 7) is 3.63. The lowest BCUT2D eigenvalue weighted by molar-refractivity contribution is 0.561. The monoisotopic (exact) mass is 241 g/mol. The van der Waals surface area contributed by atoms with Gasteiger partial charge in [0.15, 0.2) is 11.5 Å². The van der Waals surface area contributed by atoms with Crippen LogP contribution in [0.1, 0.15) is 11.6 Å². The fraction of sp³-hybridized carbons (Fsp3) is 0.154. The molecule has 0 saturated carbocycles. The quantitative estimate of drug-likeness (QED) is 0.708. The Hall–Kier alpha value is -2.43. The second kappa shape index (κ2) is 3.80. The number of hydrogen-bond donors (Lipinski definition) is 1. The topological polar surface area (TPSA) is 71.8 Å². The average molecular weight is 241 g/mol. The highest BCUT2D eigenvalue weighted by Crippen LogP contribution is 2.22. The Balaban J connectivity index is 2.21. The summed E-state index contributed by atoms with van der Waals surface area (Å²) >= 11 is 0. The minimum atomic E-state index is -0.346. The van der Waals surface area contributed by atoms with E-state index in [1.54, 1.807) is 6.92 Å². The summed E-state index contributed by atoms with van der Waals surface area (Å²) in [4.78, 5) is 22.2. The number of fused-ring (bicyclic) bond motifs is 1. The smallest absolute Gasteiger partial charge is 0.345 e. The number of aromatic nitrogens is 3. The number of aromatic amines is 1. The van der Waals surface area contributed by atoms with Crippen LogP contribution in [-0.2, 0) is 0 Å².